The molecular formula is C25H42O2. The van der Waals surface area contributed by atoms with Gasteiger partial charge in [0.15, 0.2) is 5.79 Å². The summed E-state index contributed by atoms with van der Waals surface area (Å²) in [7, 11) is 0. The van der Waals surface area contributed by atoms with Crippen LogP contribution in [0.2, 0.25) is 0 Å². The van der Waals surface area contributed by atoms with Gasteiger partial charge in [0.25, 0.3) is 0 Å². The first-order valence-corrected chi connectivity index (χ1v) is 11.9. The van der Waals surface area contributed by atoms with E-state index in [1.165, 1.54) is 38.5 Å². The topological polar surface area (TPSA) is 18.5 Å². The molecule has 1 saturated heterocycles. The summed E-state index contributed by atoms with van der Waals surface area (Å²) < 4.78 is 12.9. The summed E-state index contributed by atoms with van der Waals surface area (Å²) in [5.41, 5.74) is 1.04. The van der Waals surface area contributed by atoms with Crippen LogP contribution in [0.5, 0.6) is 0 Å². The van der Waals surface area contributed by atoms with E-state index in [-0.39, 0.29) is 0 Å². The fourth-order valence-electron chi connectivity index (χ4n) is 9.36. The molecule has 4 aliphatic carbocycles. The van der Waals surface area contributed by atoms with Crippen LogP contribution in [0.25, 0.3) is 0 Å². The molecule has 154 valence electrons. The summed E-state index contributed by atoms with van der Waals surface area (Å²) in [6, 6.07) is 0. The molecule has 0 aromatic rings. The van der Waals surface area contributed by atoms with Gasteiger partial charge < -0.3 is 9.47 Å². The molecule has 4 saturated carbocycles. The second-order valence-corrected chi connectivity index (χ2v) is 12.2. The first-order chi connectivity index (χ1) is 12.6. The van der Waals surface area contributed by atoms with Crippen molar-refractivity contribution in [1.82, 2.24) is 0 Å². The van der Waals surface area contributed by atoms with Gasteiger partial charge in [-0.3, -0.25) is 0 Å². The third-order valence-electron chi connectivity index (χ3n) is 11.0. The average molecular weight is 375 g/mol. The minimum absolute atomic E-state index is 0.313. The second kappa shape index (κ2) is 5.75. The predicted octanol–water partition coefficient (Wildman–Crippen LogP) is 6.29. The summed E-state index contributed by atoms with van der Waals surface area (Å²) in [5, 5.41) is 0. The maximum absolute atomic E-state index is 6.59. The number of ether oxygens (including phenoxy) is 2. The summed E-state index contributed by atoms with van der Waals surface area (Å²) in [6.07, 6.45) is 9.03. The zero-order chi connectivity index (χ0) is 19.4. The Morgan fingerprint density at radius 3 is 2.11 bits per heavy atom. The van der Waals surface area contributed by atoms with Crippen LogP contribution in [-0.4, -0.2) is 18.0 Å². The highest BCUT2D eigenvalue weighted by atomic mass is 16.8. The van der Waals surface area contributed by atoms with Crippen molar-refractivity contribution < 1.29 is 9.47 Å². The van der Waals surface area contributed by atoms with Crippen LogP contribution in [0.1, 0.15) is 87.0 Å². The smallest absolute Gasteiger partial charge is 0.163 e. The standard InChI is InChI=1S/C25H42O2/c1-14-8-9-17-20-15(2)16(3)21-22-19(26-23(4,5)27-22)11-13-25(21,7)18(20)10-12-24(14,17)6/h14-22H,8-13H2,1-7H3/t14-,15-,16-,17?,18?,19-,20?,21?,22+,24+,25+/m0/s1. The average Bonchev–Trinajstić information content (AvgIpc) is 3.07. The van der Waals surface area contributed by atoms with Crippen LogP contribution in [0.3, 0.4) is 0 Å². The summed E-state index contributed by atoms with van der Waals surface area (Å²) in [5.74, 6) is 5.51. The van der Waals surface area contributed by atoms with Crippen molar-refractivity contribution in [2.45, 2.75) is 105 Å². The van der Waals surface area contributed by atoms with Crippen molar-refractivity contribution in [3.05, 3.63) is 0 Å². The lowest BCUT2D eigenvalue weighted by Gasteiger charge is -2.65. The molecule has 5 rings (SSSR count). The van der Waals surface area contributed by atoms with Crippen molar-refractivity contribution in [3.8, 4) is 0 Å². The van der Waals surface area contributed by atoms with Gasteiger partial charge in [0.1, 0.15) is 0 Å². The van der Waals surface area contributed by atoms with Gasteiger partial charge in [0.2, 0.25) is 0 Å². The number of hydrogen-bond donors (Lipinski definition) is 0. The molecule has 0 N–H and O–H groups in total. The van der Waals surface area contributed by atoms with Crippen molar-refractivity contribution >= 4 is 0 Å². The molecule has 2 nitrogen and oxygen atoms in total. The maximum atomic E-state index is 6.59. The fourth-order valence-corrected chi connectivity index (χ4v) is 9.36. The lowest BCUT2D eigenvalue weighted by molar-refractivity contribution is -0.201. The third kappa shape index (κ3) is 2.38. The molecule has 27 heavy (non-hydrogen) atoms. The van der Waals surface area contributed by atoms with Crippen LogP contribution in [0.4, 0.5) is 0 Å². The largest absolute Gasteiger partial charge is 0.345 e. The fraction of sp³-hybridized carbons (Fsp3) is 1.00. The van der Waals surface area contributed by atoms with E-state index in [4.69, 9.17) is 9.47 Å². The van der Waals surface area contributed by atoms with Crippen LogP contribution in [0, 0.1) is 52.3 Å². The first kappa shape index (κ1) is 18.9. The minimum atomic E-state index is -0.396. The van der Waals surface area contributed by atoms with Gasteiger partial charge in [-0.1, -0.05) is 34.6 Å². The SMILES string of the molecule is C[C@@H]1C2C(CC[C@@]3(C)C2CC[C@@H]3C)[C@@]2(C)CC[C@@H]3OC(C)(C)O[C@H]3C2[C@H]1C. The minimum Gasteiger partial charge on any atom is -0.345 e. The van der Waals surface area contributed by atoms with Crippen LogP contribution >= 0.6 is 0 Å². The lowest BCUT2D eigenvalue weighted by Crippen LogP contribution is -2.62. The van der Waals surface area contributed by atoms with Gasteiger partial charge in [-0.05, 0) is 105 Å². The number of hydrogen-bond acceptors (Lipinski definition) is 2. The molecule has 0 spiro atoms. The molecule has 1 aliphatic heterocycles. The number of rotatable bonds is 0. The molecule has 0 radical (unpaired) electrons. The van der Waals surface area contributed by atoms with Gasteiger partial charge in [0, 0.05) is 0 Å². The molecule has 1 heterocycles. The van der Waals surface area contributed by atoms with Crippen LogP contribution in [0.15, 0.2) is 0 Å². The molecule has 4 unspecified atom stereocenters. The van der Waals surface area contributed by atoms with E-state index >= 15 is 0 Å². The quantitative estimate of drug-likeness (QED) is 0.496. The summed E-state index contributed by atoms with van der Waals surface area (Å²) in [6.45, 7) is 17.2. The highest BCUT2D eigenvalue weighted by Gasteiger charge is 2.66. The zero-order valence-electron chi connectivity index (χ0n) is 18.8. The van der Waals surface area contributed by atoms with Gasteiger partial charge in [-0.2, -0.15) is 0 Å². The molecule has 0 bridgehead atoms. The first-order valence-electron chi connectivity index (χ1n) is 11.9. The summed E-state index contributed by atoms with van der Waals surface area (Å²) >= 11 is 0. The highest BCUT2D eigenvalue weighted by Crippen LogP contribution is 2.70. The summed E-state index contributed by atoms with van der Waals surface area (Å²) in [4.78, 5) is 0. The Morgan fingerprint density at radius 2 is 1.37 bits per heavy atom. The molecule has 11 atom stereocenters. The van der Waals surface area contributed by atoms with Gasteiger partial charge in [-0.15, -0.1) is 0 Å². The highest BCUT2D eigenvalue weighted by molar-refractivity contribution is 5.14. The molecule has 5 fully saturated rings. The molecule has 2 heteroatoms. The molecule has 0 aromatic carbocycles. The lowest BCUT2D eigenvalue weighted by atomic mass is 9.40. The van der Waals surface area contributed by atoms with Gasteiger partial charge >= 0.3 is 0 Å². The Kier molecular flexibility index (Phi) is 4.03. The Morgan fingerprint density at radius 1 is 0.704 bits per heavy atom. The zero-order valence-corrected chi connectivity index (χ0v) is 18.8. The van der Waals surface area contributed by atoms with Crippen molar-refractivity contribution in [2.24, 2.45) is 52.3 Å². The van der Waals surface area contributed by atoms with E-state index in [9.17, 15) is 0 Å². The van der Waals surface area contributed by atoms with E-state index in [0.29, 0.717) is 29.0 Å². The molecular weight excluding hydrogens is 332 g/mol. The van der Waals surface area contributed by atoms with Gasteiger partial charge in [-0.25, -0.2) is 0 Å². The Hall–Kier alpha value is -0.0800. The molecule has 0 aromatic heterocycles. The van der Waals surface area contributed by atoms with Crippen molar-refractivity contribution in [2.75, 3.05) is 0 Å². The van der Waals surface area contributed by atoms with E-state index < -0.39 is 5.79 Å². The predicted molar refractivity (Wildman–Crippen MR) is 109 cm³/mol. The van der Waals surface area contributed by atoms with Crippen LogP contribution in [-0.2, 0) is 9.47 Å². The molecule has 0 amide bonds. The van der Waals surface area contributed by atoms with E-state index in [2.05, 4.69) is 48.5 Å². The van der Waals surface area contributed by atoms with E-state index in [1.807, 2.05) is 0 Å². The van der Waals surface area contributed by atoms with E-state index in [1.54, 1.807) is 0 Å². The molecule has 5 aliphatic rings. The van der Waals surface area contributed by atoms with E-state index in [0.717, 1.165) is 35.5 Å². The maximum Gasteiger partial charge on any atom is 0.163 e. The van der Waals surface area contributed by atoms with Gasteiger partial charge in [0.05, 0.1) is 12.2 Å². The third-order valence-corrected chi connectivity index (χ3v) is 11.0. The Balaban J connectivity index is 1.53. The normalized spacial score (nSPS) is 61.7. The second-order valence-electron chi connectivity index (χ2n) is 12.2. The monoisotopic (exact) mass is 374 g/mol. The van der Waals surface area contributed by atoms with Crippen molar-refractivity contribution in [3.63, 3.8) is 0 Å². The van der Waals surface area contributed by atoms with Crippen LogP contribution < -0.4 is 0 Å². The van der Waals surface area contributed by atoms with Crippen molar-refractivity contribution in [1.29, 1.82) is 0 Å². The number of fused-ring (bicyclic) bond motifs is 7. The Labute approximate surface area is 167 Å². The Bertz CT molecular complexity index is 613.